The smallest absolute Gasteiger partial charge is 0.236 e. The highest BCUT2D eigenvalue weighted by Crippen LogP contribution is 2.41. The number of para-hydroxylation sites is 1. The highest BCUT2D eigenvalue weighted by atomic mass is 32.2. The highest BCUT2D eigenvalue weighted by molar-refractivity contribution is 7.99. The first-order chi connectivity index (χ1) is 14.7. The first-order valence-corrected chi connectivity index (χ1v) is 11.3. The Morgan fingerprint density at radius 2 is 1.93 bits per heavy atom. The molecular formula is C22H24N6OS. The lowest BCUT2D eigenvalue weighted by Gasteiger charge is -2.09. The van der Waals surface area contributed by atoms with Crippen LogP contribution in [0.4, 0.5) is 5.82 Å². The van der Waals surface area contributed by atoms with Gasteiger partial charge in [0.25, 0.3) is 0 Å². The summed E-state index contributed by atoms with van der Waals surface area (Å²) in [6.07, 6.45) is 6.49. The molecule has 5 rings (SSSR count). The van der Waals surface area contributed by atoms with Gasteiger partial charge in [-0.25, -0.2) is 4.68 Å². The van der Waals surface area contributed by atoms with Gasteiger partial charge in [-0.3, -0.25) is 4.79 Å². The fraction of sp³-hybridized carbons (Fsp3) is 0.364. The number of anilines is 1. The molecule has 154 valence electrons. The normalized spacial score (nSPS) is 15.9. The Hall–Kier alpha value is -2.87. The number of carbonyl (C=O) groups is 1. The largest absolute Gasteiger partial charge is 0.310 e. The number of carbonyl (C=O) groups excluding carboxylic acids is 1. The molecule has 0 aliphatic heterocycles. The molecule has 1 N–H and O–H groups in total. The molecule has 2 aliphatic carbocycles. The van der Waals surface area contributed by atoms with Crippen LogP contribution in [0.25, 0.3) is 5.69 Å². The predicted molar refractivity (Wildman–Crippen MR) is 117 cm³/mol. The van der Waals surface area contributed by atoms with Crippen LogP contribution in [0.5, 0.6) is 0 Å². The van der Waals surface area contributed by atoms with Gasteiger partial charge < -0.3 is 9.88 Å². The van der Waals surface area contributed by atoms with Crippen molar-refractivity contribution in [3.05, 3.63) is 60.6 Å². The van der Waals surface area contributed by atoms with Crippen molar-refractivity contribution < 1.29 is 4.79 Å². The number of amides is 1. The highest BCUT2D eigenvalue weighted by Gasteiger charge is 2.30. The summed E-state index contributed by atoms with van der Waals surface area (Å²) < 4.78 is 3.89. The minimum atomic E-state index is -0.0828. The molecule has 7 nitrogen and oxygen atoms in total. The van der Waals surface area contributed by atoms with Crippen LogP contribution in [0.2, 0.25) is 0 Å². The Morgan fingerprint density at radius 3 is 2.63 bits per heavy atom. The second-order valence-corrected chi connectivity index (χ2v) is 8.77. The fourth-order valence-corrected chi connectivity index (χ4v) is 4.25. The van der Waals surface area contributed by atoms with Crippen molar-refractivity contribution in [2.24, 2.45) is 0 Å². The molecule has 2 fully saturated rings. The Labute approximate surface area is 179 Å². The predicted octanol–water partition coefficient (Wildman–Crippen LogP) is 4.14. The van der Waals surface area contributed by atoms with E-state index < -0.39 is 0 Å². The van der Waals surface area contributed by atoms with E-state index in [4.69, 9.17) is 5.10 Å². The molecule has 3 aromatic rings. The summed E-state index contributed by atoms with van der Waals surface area (Å²) >= 11 is 1.41. The van der Waals surface area contributed by atoms with Crippen molar-refractivity contribution in [3.63, 3.8) is 0 Å². The van der Waals surface area contributed by atoms with Gasteiger partial charge in [0.2, 0.25) is 5.91 Å². The van der Waals surface area contributed by atoms with Crippen LogP contribution in [-0.2, 0) is 11.3 Å². The van der Waals surface area contributed by atoms with E-state index in [9.17, 15) is 4.79 Å². The summed E-state index contributed by atoms with van der Waals surface area (Å²) in [5.41, 5.74) is 1.98. The summed E-state index contributed by atoms with van der Waals surface area (Å²) in [4.78, 5) is 12.7. The lowest BCUT2D eigenvalue weighted by molar-refractivity contribution is -0.113. The molecular weight excluding hydrogens is 396 g/mol. The number of nitrogens with zero attached hydrogens (tertiary/aromatic N) is 5. The Bertz CT molecular complexity index is 1060. The van der Waals surface area contributed by atoms with E-state index in [0.29, 0.717) is 24.2 Å². The number of hydrogen-bond donors (Lipinski definition) is 1. The SMILES string of the molecule is C=CCn1c(SCC(=O)Nc2cc(C3CC3)nn2-c2ccccc2)nnc1C1CC1. The standard InChI is InChI=1S/C22H24N6OS/c1-2-12-27-21(16-10-11-16)24-25-22(27)30-14-20(29)23-19-13-18(15-8-9-15)26-28(19)17-6-4-3-5-7-17/h2-7,13,15-16H,1,8-12,14H2,(H,23,29). The molecule has 0 saturated heterocycles. The zero-order chi connectivity index (χ0) is 20.5. The average molecular weight is 421 g/mol. The van der Waals surface area contributed by atoms with Gasteiger partial charge >= 0.3 is 0 Å². The first-order valence-electron chi connectivity index (χ1n) is 10.3. The molecule has 1 amide bonds. The number of hydrogen-bond acceptors (Lipinski definition) is 5. The molecule has 0 spiro atoms. The van der Waals surface area contributed by atoms with Crippen LogP contribution in [0, 0.1) is 0 Å². The molecule has 0 radical (unpaired) electrons. The second-order valence-electron chi connectivity index (χ2n) is 7.83. The van der Waals surface area contributed by atoms with Gasteiger partial charge in [0.1, 0.15) is 11.6 Å². The minimum Gasteiger partial charge on any atom is -0.310 e. The molecule has 30 heavy (non-hydrogen) atoms. The van der Waals surface area contributed by atoms with E-state index in [-0.39, 0.29) is 11.7 Å². The Morgan fingerprint density at radius 1 is 1.17 bits per heavy atom. The second kappa shape index (κ2) is 8.10. The van der Waals surface area contributed by atoms with E-state index in [1.165, 1.54) is 11.8 Å². The van der Waals surface area contributed by atoms with E-state index in [1.54, 1.807) is 0 Å². The first kappa shape index (κ1) is 19.1. The number of aromatic nitrogens is 5. The monoisotopic (exact) mass is 420 g/mol. The maximum absolute atomic E-state index is 12.7. The molecule has 2 saturated carbocycles. The molecule has 0 unspecified atom stereocenters. The fourth-order valence-electron chi connectivity index (χ4n) is 3.49. The van der Waals surface area contributed by atoms with Crippen LogP contribution >= 0.6 is 11.8 Å². The van der Waals surface area contributed by atoms with Crippen LogP contribution in [0.15, 0.2) is 54.2 Å². The molecule has 1 aromatic carbocycles. The summed E-state index contributed by atoms with van der Waals surface area (Å²) in [6.45, 7) is 4.50. The molecule has 8 heteroatoms. The third-order valence-corrected chi connectivity index (χ3v) is 6.29. The van der Waals surface area contributed by atoms with E-state index in [2.05, 4.69) is 26.7 Å². The maximum Gasteiger partial charge on any atom is 0.236 e. The number of thioether (sulfide) groups is 1. The molecule has 2 heterocycles. The summed E-state index contributed by atoms with van der Waals surface area (Å²) in [5, 5.41) is 17.2. The topological polar surface area (TPSA) is 77.6 Å². The Kier molecular flexibility index (Phi) is 5.16. The zero-order valence-corrected chi connectivity index (χ0v) is 17.5. The number of rotatable bonds is 9. The zero-order valence-electron chi connectivity index (χ0n) is 16.7. The molecule has 0 atom stereocenters. The maximum atomic E-state index is 12.7. The minimum absolute atomic E-state index is 0.0828. The van der Waals surface area contributed by atoms with E-state index in [0.717, 1.165) is 48.0 Å². The van der Waals surface area contributed by atoms with Gasteiger partial charge in [-0.15, -0.1) is 16.8 Å². The number of nitrogens with one attached hydrogen (secondary N) is 1. The van der Waals surface area contributed by atoms with E-state index in [1.807, 2.05) is 47.2 Å². The molecule has 2 aliphatic rings. The van der Waals surface area contributed by atoms with E-state index >= 15 is 0 Å². The van der Waals surface area contributed by atoms with Crippen molar-refractivity contribution in [1.82, 2.24) is 24.5 Å². The van der Waals surface area contributed by atoms with Gasteiger partial charge in [-0.1, -0.05) is 36.0 Å². The van der Waals surface area contributed by atoms with Crippen molar-refractivity contribution >= 4 is 23.5 Å². The molecule has 0 bridgehead atoms. The van der Waals surface area contributed by atoms with Crippen LogP contribution < -0.4 is 5.32 Å². The summed E-state index contributed by atoms with van der Waals surface area (Å²) in [5.74, 6) is 2.91. The van der Waals surface area contributed by atoms with Gasteiger partial charge in [0, 0.05) is 24.4 Å². The van der Waals surface area contributed by atoms with Gasteiger partial charge in [0.15, 0.2) is 5.16 Å². The third-order valence-electron chi connectivity index (χ3n) is 5.32. The van der Waals surface area contributed by atoms with Crippen LogP contribution in [0.3, 0.4) is 0 Å². The summed E-state index contributed by atoms with van der Waals surface area (Å²) in [7, 11) is 0. The van der Waals surface area contributed by atoms with Gasteiger partial charge in [0.05, 0.1) is 17.1 Å². The number of allylic oxidation sites excluding steroid dienone is 1. The van der Waals surface area contributed by atoms with Gasteiger partial charge in [-0.05, 0) is 37.8 Å². The van der Waals surface area contributed by atoms with Crippen molar-refractivity contribution in [2.45, 2.75) is 49.2 Å². The van der Waals surface area contributed by atoms with Crippen molar-refractivity contribution in [1.29, 1.82) is 0 Å². The van der Waals surface area contributed by atoms with Crippen LogP contribution in [0.1, 0.15) is 49.0 Å². The lowest BCUT2D eigenvalue weighted by Crippen LogP contribution is -2.17. The average Bonchev–Trinajstić information content (AvgIpc) is 3.70. The summed E-state index contributed by atoms with van der Waals surface area (Å²) in [6, 6.07) is 11.9. The van der Waals surface area contributed by atoms with Crippen molar-refractivity contribution in [2.75, 3.05) is 11.1 Å². The van der Waals surface area contributed by atoms with Crippen molar-refractivity contribution in [3.8, 4) is 5.69 Å². The third kappa shape index (κ3) is 4.05. The quantitative estimate of drug-likeness (QED) is 0.416. The Balaban J connectivity index is 1.30. The van der Waals surface area contributed by atoms with Crippen LogP contribution in [-0.4, -0.2) is 36.2 Å². The number of benzene rings is 1. The van der Waals surface area contributed by atoms with Gasteiger partial charge in [-0.2, -0.15) is 5.10 Å². The molecule has 2 aromatic heterocycles. The lowest BCUT2D eigenvalue weighted by atomic mass is 10.3.